The van der Waals surface area contributed by atoms with E-state index in [-0.39, 0.29) is 0 Å². The molecule has 2 nitrogen and oxygen atoms in total. The van der Waals surface area contributed by atoms with Crippen molar-refractivity contribution in [2.24, 2.45) is 0 Å². The van der Waals surface area contributed by atoms with Crippen molar-refractivity contribution in [2.45, 2.75) is 0 Å². The zero-order valence-corrected chi connectivity index (χ0v) is 9.44. The van der Waals surface area contributed by atoms with Crippen molar-refractivity contribution in [3.63, 3.8) is 0 Å². The number of nitrogens with zero attached hydrogens (tertiary/aromatic N) is 2. The van der Waals surface area contributed by atoms with Gasteiger partial charge in [0.25, 0.3) is 0 Å². The lowest BCUT2D eigenvalue weighted by molar-refractivity contribution is 1.09. The molecular weight excluding hydrogens is 363 g/mol. The average molecular weight is 364 g/mol. The van der Waals surface area contributed by atoms with E-state index in [4.69, 9.17) is 0 Å². The Morgan fingerprint density at radius 1 is 1.44 bits per heavy atom. The molecule has 48 valence electrons. The standard InChI is InChI=1S/C4HBr2IN2/c5-2-1-8-3(6)4(7)9-2/h1H. The predicted octanol–water partition coefficient (Wildman–Crippen LogP) is 2.61. The molecule has 1 aromatic rings. The second-order valence-corrected chi connectivity index (χ2v) is 3.86. The van der Waals surface area contributed by atoms with E-state index in [1.54, 1.807) is 6.20 Å². The van der Waals surface area contributed by atoms with Gasteiger partial charge in [-0.15, -0.1) is 0 Å². The van der Waals surface area contributed by atoms with E-state index in [9.17, 15) is 0 Å². The Morgan fingerprint density at radius 3 is 2.56 bits per heavy atom. The predicted molar refractivity (Wildman–Crippen MR) is 50.1 cm³/mol. The molecule has 0 aromatic carbocycles. The first-order valence-electron chi connectivity index (χ1n) is 2.03. The van der Waals surface area contributed by atoms with Crippen LogP contribution in [0.3, 0.4) is 0 Å². The van der Waals surface area contributed by atoms with E-state index >= 15 is 0 Å². The van der Waals surface area contributed by atoms with Crippen LogP contribution in [-0.4, -0.2) is 9.97 Å². The summed E-state index contributed by atoms with van der Waals surface area (Å²) in [6.07, 6.45) is 1.65. The SMILES string of the molecule is Brc1cnc(Br)c(I)n1. The van der Waals surface area contributed by atoms with Crippen molar-refractivity contribution in [1.82, 2.24) is 9.97 Å². The van der Waals surface area contributed by atoms with Crippen molar-refractivity contribution in [3.05, 3.63) is 19.1 Å². The minimum Gasteiger partial charge on any atom is -0.244 e. The molecule has 0 aliphatic carbocycles. The summed E-state index contributed by atoms with van der Waals surface area (Å²) >= 11 is 8.52. The van der Waals surface area contributed by atoms with E-state index in [0.717, 1.165) is 12.9 Å². The van der Waals surface area contributed by atoms with Crippen LogP contribution in [0.4, 0.5) is 0 Å². The first-order valence-corrected chi connectivity index (χ1v) is 4.70. The third-order valence-electron chi connectivity index (χ3n) is 0.660. The molecule has 0 spiro atoms. The van der Waals surface area contributed by atoms with Crippen LogP contribution in [0.15, 0.2) is 15.4 Å². The van der Waals surface area contributed by atoms with E-state index in [1.807, 2.05) is 0 Å². The van der Waals surface area contributed by atoms with E-state index in [1.165, 1.54) is 0 Å². The highest BCUT2D eigenvalue weighted by Gasteiger charge is 1.97. The Kier molecular flexibility index (Phi) is 2.84. The summed E-state index contributed by atoms with van der Waals surface area (Å²) in [5, 5.41) is 0. The maximum absolute atomic E-state index is 4.07. The molecule has 1 aromatic heterocycles. The van der Waals surface area contributed by atoms with Gasteiger partial charge < -0.3 is 0 Å². The van der Waals surface area contributed by atoms with Gasteiger partial charge in [0.2, 0.25) is 0 Å². The van der Waals surface area contributed by atoms with Crippen LogP contribution in [0.5, 0.6) is 0 Å². The van der Waals surface area contributed by atoms with Crippen LogP contribution in [0.25, 0.3) is 0 Å². The molecule has 1 heterocycles. The van der Waals surface area contributed by atoms with E-state index < -0.39 is 0 Å². The number of halogens is 3. The van der Waals surface area contributed by atoms with Crippen LogP contribution >= 0.6 is 54.5 Å². The van der Waals surface area contributed by atoms with Crippen molar-refractivity contribution in [3.8, 4) is 0 Å². The molecule has 9 heavy (non-hydrogen) atoms. The van der Waals surface area contributed by atoms with Gasteiger partial charge in [-0.25, -0.2) is 9.97 Å². The normalized spacial score (nSPS) is 9.67. The fraction of sp³-hybridized carbons (Fsp3) is 0. The van der Waals surface area contributed by atoms with Gasteiger partial charge in [-0.3, -0.25) is 0 Å². The van der Waals surface area contributed by atoms with Crippen LogP contribution in [0, 0.1) is 3.70 Å². The number of rotatable bonds is 0. The van der Waals surface area contributed by atoms with Gasteiger partial charge in [-0.1, -0.05) is 0 Å². The highest BCUT2D eigenvalue weighted by Crippen LogP contribution is 2.15. The average Bonchev–Trinajstić information content (AvgIpc) is 1.80. The Labute approximate surface area is 82.9 Å². The molecule has 0 atom stereocenters. The summed E-state index contributed by atoms with van der Waals surface area (Å²) < 4.78 is 2.41. The third-order valence-corrected chi connectivity index (χ3v) is 3.12. The Bertz CT molecular complexity index is 228. The molecule has 0 N–H and O–H groups in total. The second kappa shape index (κ2) is 3.25. The molecule has 0 aliphatic rings. The molecule has 0 aliphatic heterocycles. The monoisotopic (exact) mass is 362 g/mol. The summed E-state index contributed by atoms with van der Waals surface area (Å²) in [7, 11) is 0. The van der Waals surface area contributed by atoms with Gasteiger partial charge in [0, 0.05) is 0 Å². The van der Waals surface area contributed by atoms with Gasteiger partial charge in [0.15, 0.2) is 0 Å². The van der Waals surface area contributed by atoms with E-state index in [2.05, 4.69) is 64.4 Å². The Morgan fingerprint density at radius 2 is 2.11 bits per heavy atom. The Hall–Kier alpha value is 0.770. The lowest BCUT2D eigenvalue weighted by atomic mass is 10.8. The minimum atomic E-state index is 0.759. The van der Waals surface area contributed by atoms with Crippen molar-refractivity contribution in [1.29, 1.82) is 0 Å². The zero-order chi connectivity index (χ0) is 6.85. The number of hydrogen-bond acceptors (Lipinski definition) is 2. The zero-order valence-electron chi connectivity index (χ0n) is 4.11. The molecule has 0 bridgehead atoms. The summed E-state index contributed by atoms with van der Waals surface area (Å²) in [4.78, 5) is 8.05. The van der Waals surface area contributed by atoms with Crippen molar-refractivity contribution >= 4 is 54.5 Å². The minimum absolute atomic E-state index is 0.759. The molecule has 0 unspecified atom stereocenters. The topological polar surface area (TPSA) is 25.8 Å². The third kappa shape index (κ3) is 2.12. The molecule has 0 saturated carbocycles. The fourth-order valence-electron chi connectivity index (χ4n) is 0.332. The maximum Gasteiger partial charge on any atom is 0.138 e. The van der Waals surface area contributed by atoms with Gasteiger partial charge in [0.1, 0.15) is 12.9 Å². The van der Waals surface area contributed by atoms with Crippen LogP contribution < -0.4 is 0 Å². The quantitative estimate of drug-likeness (QED) is 0.662. The Balaban J connectivity index is 3.17. The molecule has 0 radical (unpaired) electrons. The molecule has 5 heteroatoms. The van der Waals surface area contributed by atoms with Crippen LogP contribution in [0.2, 0.25) is 0 Å². The summed E-state index contributed by atoms with van der Waals surface area (Å²) in [5.74, 6) is 0. The molecule has 0 amide bonds. The lowest BCUT2D eigenvalue weighted by Crippen LogP contribution is -1.85. The van der Waals surface area contributed by atoms with Crippen molar-refractivity contribution < 1.29 is 0 Å². The molecular formula is C4HBr2IN2. The first-order chi connectivity index (χ1) is 4.20. The van der Waals surface area contributed by atoms with Gasteiger partial charge in [0.05, 0.1) is 6.20 Å². The summed E-state index contributed by atoms with van der Waals surface area (Å²) in [6.45, 7) is 0. The van der Waals surface area contributed by atoms with Gasteiger partial charge in [-0.05, 0) is 54.5 Å². The largest absolute Gasteiger partial charge is 0.244 e. The van der Waals surface area contributed by atoms with Gasteiger partial charge >= 0.3 is 0 Å². The fourth-order valence-corrected chi connectivity index (χ4v) is 1.53. The summed E-state index contributed by atoms with van der Waals surface area (Å²) in [6, 6.07) is 0. The maximum atomic E-state index is 4.07. The first kappa shape index (κ1) is 7.87. The van der Waals surface area contributed by atoms with E-state index in [0.29, 0.717) is 0 Å². The van der Waals surface area contributed by atoms with Gasteiger partial charge in [-0.2, -0.15) is 0 Å². The molecule has 0 saturated heterocycles. The highest BCUT2D eigenvalue weighted by molar-refractivity contribution is 14.1. The molecule has 0 fully saturated rings. The lowest BCUT2D eigenvalue weighted by Gasteiger charge is -1.92. The molecule has 1 rings (SSSR count). The summed E-state index contributed by atoms with van der Waals surface area (Å²) in [5.41, 5.74) is 0. The van der Waals surface area contributed by atoms with Crippen molar-refractivity contribution in [2.75, 3.05) is 0 Å². The highest BCUT2D eigenvalue weighted by atomic mass is 127. The second-order valence-electron chi connectivity index (χ2n) is 1.27. The number of aromatic nitrogens is 2. The smallest absolute Gasteiger partial charge is 0.138 e. The number of hydrogen-bond donors (Lipinski definition) is 0. The van der Waals surface area contributed by atoms with Crippen LogP contribution in [-0.2, 0) is 0 Å². The van der Waals surface area contributed by atoms with Crippen LogP contribution in [0.1, 0.15) is 0 Å².